The second kappa shape index (κ2) is 10.8. The number of carbonyl (C=O) groups excluding carboxylic acids is 2. The number of halogens is 1. The fraction of sp³-hybridized carbons (Fsp3) is 0.385. The standard InChI is InChI=1S/C26H30ClNO6/c1-6-7-12-28-23(16-10-8-9-11-19(16)34-15(2)3)22(25(30)26(28)31)24(29)17-13-21(33-5)18(27)14-20(17)32-4/h8-11,13-15,23,29H,6-7,12H2,1-5H3/b24-22+. The third-order valence-electron chi connectivity index (χ3n) is 5.60. The molecule has 7 nitrogen and oxygen atoms in total. The minimum Gasteiger partial charge on any atom is -0.507 e. The summed E-state index contributed by atoms with van der Waals surface area (Å²) in [5.74, 6) is -0.725. The molecule has 34 heavy (non-hydrogen) atoms. The number of ketones is 1. The number of aliphatic hydroxyl groups excluding tert-OH is 1. The lowest BCUT2D eigenvalue weighted by molar-refractivity contribution is -0.139. The van der Waals surface area contributed by atoms with Crippen molar-refractivity contribution in [3.8, 4) is 17.2 Å². The number of hydrogen-bond donors (Lipinski definition) is 1. The number of nitrogens with zero attached hydrogens (tertiary/aromatic N) is 1. The Balaban J connectivity index is 2.29. The number of amides is 1. The second-order valence-electron chi connectivity index (χ2n) is 8.24. The first-order chi connectivity index (χ1) is 16.2. The van der Waals surface area contributed by atoms with Crippen LogP contribution < -0.4 is 14.2 Å². The number of para-hydroxylation sites is 1. The van der Waals surface area contributed by atoms with Crippen LogP contribution in [0.3, 0.4) is 0 Å². The van der Waals surface area contributed by atoms with Gasteiger partial charge in [-0.3, -0.25) is 9.59 Å². The molecule has 1 fully saturated rings. The monoisotopic (exact) mass is 487 g/mol. The van der Waals surface area contributed by atoms with Crippen LogP contribution >= 0.6 is 11.6 Å². The number of unbranched alkanes of at least 4 members (excludes halogenated alkanes) is 1. The van der Waals surface area contributed by atoms with E-state index in [1.165, 1.54) is 31.3 Å². The van der Waals surface area contributed by atoms with Gasteiger partial charge in [-0.15, -0.1) is 0 Å². The van der Waals surface area contributed by atoms with Crippen molar-refractivity contribution >= 4 is 29.1 Å². The van der Waals surface area contributed by atoms with Crippen LogP contribution in [0.5, 0.6) is 17.2 Å². The molecular formula is C26H30ClNO6. The van der Waals surface area contributed by atoms with Gasteiger partial charge in [-0.25, -0.2) is 0 Å². The molecule has 0 aliphatic carbocycles. The molecule has 0 spiro atoms. The van der Waals surface area contributed by atoms with Gasteiger partial charge in [-0.1, -0.05) is 43.1 Å². The number of Topliss-reactive ketones (excluding diaryl/α,β-unsaturated/α-hetero) is 1. The Labute approximate surface area is 204 Å². The summed E-state index contributed by atoms with van der Waals surface area (Å²) < 4.78 is 16.7. The quantitative estimate of drug-likeness (QED) is 0.291. The van der Waals surface area contributed by atoms with Gasteiger partial charge in [0, 0.05) is 18.2 Å². The first-order valence-electron chi connectivity index (χ1n) is 11.2. The molecule has 182 valence electrons. The van der Waals surface area contributed by atoms with E-state index in [9.17, 15) is 14.7 Å². The van der Waals surface area contributed by atoms with Gasteiger partial charge in [0.05, 0.1) is 42.5 Å². The zero-order valence-corrected chi connectivity index (χ0v) is 20.8. The summed E-state index contributed by atoms with van der Waals surface area (Å²) in [5.41, 5.74) is 0.779. The summed E-state index contributed by atoms with van der Waals surface area (Å²) in [5, 5.41) is 11.7. The number of rotatable bonds is 9. The van der Waals surface area contributed by atoms with Crippen molar-refractivity contribution in [1.29, 1.82) is 0 Å². The fourth-order valence-electron chi connectivity index (χ4n) is 4.02. The highest BCUT2D eigenvalue weighted by Gasteiger charge is 2.47. The maximum atomic E-state index is 13.3. The zero-order chi connectivity index (χ0) is 25.0. The third-order valence-corrected chi connectivity index (χ3v) is 5.89. The fourth-order valence-corrected chi connectivity index (χ4v) is 4.25. The van der Waals surface area contributed by atoms with E-state index in [4.69, 9.17) is 25.8 Å². The minimum atomic E-state index is -0.826. The molecule has 1 N–H and O–H groups in total. The molecule has 8 heteroatoms. The zero-order valence-electron chi connectivity index (χ0n) is 20.1. The van der Waals surface area contributed by atoms with Gasteiger partial charge in [-0.2, -0.15) is 0 Å². The lowest BCUT2D eigenvalue weighted by Crippen LogP contribution is -2.31. The summed E-state index contributed by atoms with van der Waals surface area (Å²) in [6.07, 6.45) is 1.41. The topological polar surface area (TPSA) is 85.3 Å². The summed E-state index contributed by atoms with van der Waals surface area (Å²) in [7, 11) is 2.87. The van der Waals surface area contributed by atoms with E-state index in [-0.39, 0.29) is 33.8 Å². The Morgan fingerprint density at radius 1 is 1.09 bits per heavy atom. The Bertz CT molecular complexity index is 1110. The molecular weight excluding hydrogens is 458 g/mol. The molecule has 2 aromatic rings. The predicted octanol–water partition coefficient (Wildman–Crippen LogP) is 5.37. The van der Waals surface area contributed by atoms with Crippen molar-refractivity contribution in [2.24, 2.45) is 0 Å². The molecule has 1 aliphatic rings. The molecule has 1 unspecified atom stereocenters. The lowest BCUT2D eigenvalue weighted by Gasteiger charge is -2.27. The van der Waals surface area contributed by atoms with Crippen molar-refractivity contribution in [3.63, 3.8) is 0 Å². The highest BCUT2D eigenvalue weighted by atomic mass is 35.5. The van der Waals surface area contributed by atoms with E-state index in [0.29, 0.717) is 30.0 Å². The van der Waals surface area contributed by atoms with Gasteiger partial charge in [0.1, 0.15) is 23.0 Å². The number of aliphatic hydroxyl groups is 1. The summed E-state index contributed by atoms with van der Waals surface area (Å²) >= 11 is 6.22. The minimum absolute atomic E-state index is 0.0383. The molecule has 1 saturated heterocycles. The first kappa shape index (κ1) is 25.4. The van der Waals surface area contributed by atoms with Crippen LogP contribution in [0.4, 0.5) is 0 Å². The summed E-state index contributed by atoms with van der Waals surface area (Å²) in [4.78, 5) is 27.9. The second-order valence-corrected chi connectivity index (χ2v) is 8.64. The first-order valence-corrected chi connectivity index (χ1v) is 11.6. The Morgan fingerprint density at radius 3 is 2.38 bits per heavy atom. The highest BCUT2D eigenvalue weighted by molar-refractivity contribution is 6.46. The van der Waals surface area contributed by atoms with Crippen LogP contribution in [-0.2, 0) is 9.59 Å². The molecule has 0 saturated carbocycles. The summed E-state index contributed by atoms with van der Waals surface area (Å²) in [6, 6.07) is 9.40. The van der Waals surface area contributed by atoms with Crippen LogP contribution in [-0.4, -0.2) is 48.6 Å². The lowest BCUT2D eigenvalue weighted by atomic mass is 9.94. The van der Waals surface area contributed by atoms with Gasteiger partial charge >= 0.3 is 0 Å². The maximum Gasteiger partial charge on any atom is 0.295 e. The highest BCUT2D eigenvalue weighted by Crippen LogP contribution is 2.45. The smallest absolute Gasteiger partial charge is 0.295 e. The van der Waals surface area contributed by atoms with Gasteiger partial charge in [-0.05, 0) is 32.4 Å². The molecule has 1 aliphatic heterocycles. The van der Waals surface area contributed by atoms with Crippen molar-refractivity contribution < 1.29 is 28.9 Å². The van der Waals surface area contributed by atoms with Crippen molar-refractivity contribution in [2.45, 2.75) is 45.8 Å². The normalized spacial score (nSPS) is 17.4. The Morgan fingerprint density at radius 2 is 1.76 bits per heavy atom. The SMILES string of the molecule is CCCCN1C(=O)C(=O)/C(=C(/O)c2cc(OC)c(Cl)cc2OC)C1c1ccccc1OC(C)C. The van der Waals surface area contributed by atoms with Gasteiger partial charge in [0.25, 0.3) is 11.7 Å². The average Bonchev–Trinajstić information content (AvgIpc) is 3.06. The largest absolute Gasteiger partial charge is 0.507 e. The average molecular weight is 488 g/mol. The molecule has 1 heterocycles. The van der Waals surface area contributed by atoms with Crippen LogP contribution in [0.25, 0.3) is 5.76 Å². The Kier molecular flexibility index (Phi) is 8.10. The maximum absolute atomic E-state index is 13.3. The number of likely N-dealkylation sites (tertiary alicyclic amines) is 1. The van der Waals surface area contributed by atoms with E-state index >= 15 is 0 Å². The van der Waals surface area contributed by atoms with Gasteiger partial charge in [0.15, 0.2) is 0 Å². The van der Waals surface area contributed by atoms with Crippen LogP contribution in [0, 0.1) is 0 Å². The molecule has 0 aromatic heterocycles. The molecule has 1 atom stereocenters. The number of methoxy groups -OCH3 is 2. The molecule has 2 aromatic carbocycles. The number of carbonyl (C=O) groups is 2. The Hall–Kier alpha value is -3.19. The molecule has 1 amide bonds. The van der Waals surface area contributed by atoms with Crippen molar-refractivity contribution in [1.82, 2.24) is 4.90 Å². The molecule has 0 radical (unpaired) electrons. The van der Waals surface area contributed by atoms with Gasteiger partial charge < -0.3 is 24.2 Å². The van der Waals surface area contributed by atoms with E-state index in [1.807, 2.05) is 32.9 Å². The third kappa shape index (κ3) is 4.85. The summed E-state index contributed by atoms with van der Waals surface area (Å²) in [6.45, 7) is 6.16. The van der Waals surface area contributed by atoms with Crippen LogP contribution in [0.2, 0.25) is 5.02 Å². The van der Waals surface area contributed by atoms with Crippen LogP contribution in [0.15, 0.2) is 42.0 Å². The number of benzene rings is 2. The number of ether oxygens (including phenoxy) is 3. The molecule has 0 bridgehead atoms. The van der Waals surface area contributed by atoms with E-state index < -0.39 is 17.7 Å². The van der Waals surface area contributed by atoms with Crippen molar-refractivity contribution in [3.05, 3.63) is 58.1 Å². The predicted molar refractivity (Wildman–Crippen MR) is 131 cm³/mol. The van der Waals surface area contributed by atoms with Crippen molar-refractivity contribution in [2.75, 3.05) is 20.8 Å². The van der Waals surface area contributed by atoms with E-state index in [2.05, 4.69) is 0 Å². The molecule has 3 rings (SSSR count). The van der Waals surface area contributed by atoms with Gasteiger partial charge in [0.2, 0.25) is 0 Å². The van der Waals surface area contributed by atoms with E-state index in [0.717, 1.165) is 6.42 Å². The number of hydrogen-bond acceptors (Lipinski definition) is 6. The van der Waals surface area contributed by atoms with Crippen LogP contribution in [0.1, 0.15) is 50.8 Å². The van der Waals surface area contributed by atoms with E-state index in [1.54, 1.807) is 12.1 Å².